The molecule has 0 aromatic heterocycles. The monoisotopic (exact) mass is 248 g/mol. The Hall–Kier alpha value is -1.55. The lowest BCUT2D eigenvalue weighted by atomic mass is 10.1. The molecule has 1 heterocycles. The zero-order chi connectivity index (χ0) is 13.1. The molecular formula is C14H20N2O2. The molecule has 0 bridgehead atoms. The highest BCUT2D eigenvalue weighted by molar-refractivity contribution is 5.96. The van der Waals surface area contributed by atoms with Crippen molar-refractivity contribution >= 4 is 5.91 Å². The minimum absolute atomic E-state index is 0.0536. The number of hydrogen-bond donors (Lipinski definition) is 1. The predicted molar refractivity (Wildman–Crippen MR) is 70.7 cm³/mol. The molecule has 1 aliphatic heterocycles. The summed E-state index contributed by atoms with van der Waals surface area (Å²) in [5.74, 6) is 0.482. The molecule has 1 unspecified atom stereocenters. The number of hydrogen-bond acceptors (Lipinski definition) is 3. The average molecular weight is 248 g/mol. The molecule has 1 atom stereocenters. The number of para-hydroxylation sites is 1. The summed E-state index contributed by atoms with van der Waals surface area (Å²) in [6.07, 6.45) is 1.13. The summed E-state index contributed by atoms with van der Waals surface area (Å²) in [6.45, 7) is 2.89. The van der Waals surface area contributed by atoms with Gasteiger partial charge in [-0.05, 0) is 38.1 Å². The van der Waals surface area contributed by atoms with E-state index in [4.69, 9.17) is 0 Å². The van der Waals surface area contributed by atoms with Gasteiger partial charge in [-0.25, -0.2) is 0 Å². The second kappa shape index (κ2) is 5.40. The molecule has 1 aromatic rings. The third kappa shape index (κ3) is 2.82. The van der Waals surface area contributed by atoms with Gasteiger partial charge >= 0.3 is 0 Å². The first-order valence-electron chi connectivity index (χ1n) is 6.30. The highest BCUT2D eigenvalue weighted by Crippen LogP contribution is 2.20. The van der Waals surface area contributed by atoms with E-state index in [1.165, 1.54) is 0 Å². The van der Waals surface area contributed by atoms with Crippen LogP contribution in [0.5, 0.6) is 5.75 Å². The van der Waals surface area contributed by atoms with Gasteiger partial charge in [0.1, 0.15) is 5.75 Å². The molecule has 1 amide bonds. The molecule has 98 valence electrons. The third-order valence-electron chi connectivity index (χ3n) is 3.50. The number of nitrogens with zero attached hydrogens (tertiary/aromatic N) is 2. The Morgan fingerprint density at radius 1 is 1.50 bits per heavy atom. The third-order valence-corrected chi connectivity index (χ3v) is 3.50. The second-order valence-corrected chi connectivity index (χ2v) is 5.12. The maximum atomic E-state index is 12.2. The van der Waals surface area contributed by atoms with Gasteiger partial charge in [-0.1, -0.05) is 12.1 Å². The Morgan fingerprint density at radius 3 is 2.83 bits per heavy atom. The number of rotatable bonds is 3. The standard InChI is InChI=1S/C14H20N2O2/c1-15-8-7-11(9-15)10-16(2)14(18)12-5-3-4-6-13(12)17/h3-6,11,17H,7-10H2,1-2H3. The van der Waals surface area contributed by atoms with Crippen LogP contribution in [0.3, 0.4) is 0 Å². The van der Waals surface area contributed by atoms with E-state index in [1.54, 1.807) is 36.2 Å². The molecule has 1 saturated heterocycles. The molecule has 1 aliphatic rings. The molecule has 2 rings (SSSR count). The smallest absolute Gasteiger partial charge is 0.257 e. The van der Waals surface area contributed by atoms with Crippen LogP contribution in [-0.2, 0) is 0 Å². The van der Waals surface area contributed by atoms with Crippen molar-refractivity contribution < 1.29 is 9.90 Å². The molecule has 18 heavy (non-hydrogen) atoms. The number of carbonyl (C=O) groups excluding carboxylic acids is 1. The van der Waals surface area contributed by atoms with Crippen LogP contribution in [0.15, 0.2) is 24.3 Å². The van der Waals surface area contributed by atoms with Crippen molar-refractivity contribution in [2.45, 2.75) is 6.42 Å². The number of phenolic OH excluding ortho intramolecular Hbond substituents is 1. The Balaban J connectivity index is 1.99. The second-order valence-electron chi connectivity index (χ2n) is 5.12. The highest BCUT2D eigenvalue weighted by atomic mass is 16.3. The van der Waals surface area contributed by atoms with Crippen molar-refractivity contribution in [2.24, 2.45) is 5.92 Å². The number of amides is 1. The van der Waals surface area contributed by atoms with Gasteiger partial charge in [0, 0.05) is 20.1 Å². The van der Waals surface area contributed by atoms with Crippen LogP contribution < -0.4 is 0 Å². The van der Waals surface area contributed by atoms with Gasteiger partial charge in [-0.15, -0.1) is 0 Å². The number of benzene rings is 1. The fourth-order valence-electron chi connectivity index (χ4n) is 2.51. The first-order valence-corrected chi connectivity index (χ1v) is 6.30. The number of carbonyl (C=O) groups is 1. The van der Waals surface area contributed by atoms with Crippen LogP contribution in [-0.4, -0.2) is 54.5 Å². The zero-order valence-corrected chi connectivity index (χ0v) is 11.0. The molecule has 1 aromatic carbocycles. The lowest BCUT2D eigenvalue weighted by Gasteiger charge is -2.21. The zero-order valence-electron chi connectivity index (χ0n) is 11.0. The summed E-state index contributed by atoms with van der Waals surface area (Å²) in [6, 6.07) is 6.70. The van der Waals surface area contributed by atoms with Crippen molar-refractivity contribution in [3.05, 3.63) is 29.8 Å². The molecule has 4 heteroatoms. The Kier molecular flexibility index (Phi) is 3.87. The maximum Gasteiger partial charge on any atom is 0.257 e. The van der Waals surface area contributed by atoms with Crippen LogP contribution in [0, 0.1) is 5.92 Å². The fraction of sp³-hybridized carbons (Fsp3) is 0.500. The Labute approximate surface area is 108 Å². The molecule has 0 aliphatic carbocycles. The van der Waals surface area contributed by atoms with Gasteiger partial charge in [0.05, 0.1) is 5.56 Å². The molecule has 0 spiro atoms. The van der Waals surface area contributed by atoms with Crippen LogP contribution in [0.25, 0.3) is 0 Å². The number of phenols is 1. The van der Waals surface area contributed by atoms with E-state index in [-0.39, 0.29) is 11.7 Å². The van der Waals surface area contributed by atoms with E-state index in [9.17, 15) is 9.90 Å². The Bertz CT molecular complexity index is 434. The topological polar surface area (TPSA) is 43.8 Å². The summed E-state index contributed by atoms with van der Waals surface area (Å²) in [4.78, 5) is 16.2. The summed E-state index contributed by atoms with van der Waals surface area (Å²) < 4.78 is 0. The summed E-state index contributed by atoms with van der Waals surface area (Å²) in [5, 5.41) is 9.68. The quantitative estimate of drug-likeness (QED) is 0.879. The SMILES string of the molecule is CN1CCC(CN(C)C(=O)c2ccccc2O)C1. The lowest BCUT2D eigenvalue weighted by Crippen LogP contribution is -2.32. The fourth-order valence-corrected chi connectivity index (χ4v) is 2.51. The van der Waals surface area contributed by atoms with Crippen LogP contribution in [0.4, 0.5) is 0 Å². The van der Waals surface area contributed by atoms with Crippen LogP contribution in [0.2, 0.25) is 0 Å². The summed E-state index contributed by atoms with van der Waals surface area (Å²) >= 11 is 0. The normalized spacial score (nSPS) is 20.0. The van der Waals surface area contributed by atoms with Crippen molar-refractivity contribution in [1.29, 1.82) is 0 Å². The molecule has 4 nitrogen and oxygen atoms in total. The van der Waals surface area contributed by atoms with E-state index in [0.717, 1.165) is 26.1 Å². The van der Waals surface area contributed by atoms with Gasteiger partial charge in [0.2, 0.25) is 0 Å². The van der Waals surface area contributed by atoms with E-state index in [0.29, 0.717) is 11.5 Å². The summed E-state index contributed by atoms with van der Waals surface area (Å²) in [5.41, 5.74) is 0.381. The van der Waals surface area contributed by atoms with Gasteiger partial charge in [-0.2, -0.15) is 0 Å². The number of aromatic hydroxyl groups is 1. The van der Waals surface area contributed by atoms with E-state index in [2.05, 4.69) is 11.9 Å². The average Bonchev–Trinajstić information content (AvgIpc) is 2.74. The van der Waals surface area contributed by atoms with Crippen molar-refractivity contribution in [3.63, 3.8) is 0 Å². The van der Waals surface area contributed by atoms with Crippen molar-refractivity contribution in [3.8, 4) is 5.75 Å². The minimum atomic E-state index is -0.109. The molecule has 1 fully saturated rings. The van der Waals surface area contributed by atoms with Gasteiger partial charge < -0.3 is 14.9 Å². The largest absolute Gasteiger partial charge is 0.507 e. The summed E-state index contributed by atoms with van der Waals surface area (Å²) in [7, 11) is 3.90. The van der Waals surface area contributed by atoms with Crippen molar-refractivity contribution in [2.75, 3.05) is 33.7 Å². The van der Waals surface area contributed by atoms with Gasteiger partial charge in [-0.3, -0.25) is 4.79 Å². The van der Waals surface area contributed by atoms with E-state index >= 15 is 0 Å². The van der Waals surface area contributed by atoms with Gasteiger partial charge in [0.15, 0.2) is 0 Å². The maximum absolute atomic E-state index is 12.2. The first-order chi connectivity index (χ1) is 8.58. The van der Waals surface area contributed by atoms with E-state index < -0.39 is 0 Å². The highest BCUT2D eigenvalue weighted by Gasteiger charge is 2.23. The number of likely N-dealkylation sites (tertiary alicyclic amines) is 1. The molecular weight excluding hydrogens is 228 g/mol. The first kappa shape index (κ1) is 12.9. The minimum Gasteiger partial charge on any atom is -0.507 e. The molecule has 1 N–H and O–H groups in total. The molecule has 0 saturated carbocycles. The van der Waals surface area contributed by atoms with Crippen molar-refractivity contribution in [1.82, 2.24) is 9.80 Å². The molecule has 0 radical (unpaired) electrons. The van der Waals surface area contributed by atoms with Crippen LogP contribution >= 0.6 is 0 Å². The predicted octanol–water partition coefficient (Wildman–Crippen LogP) is 1.42. The Morgan fingerprint density at radius 2 is 2.22 bits per heavy atom. The van der Waals surface area contributed by atoms with E-state index in [1.807, 2.05) is 0 Å². The lowest BCUT2D eigenvalue weighted by molar-refractivity contribution is 0.0771. The van der Waals surface area contributed by atoms with Gasteiger partial charge in [0.25, 0.3) is 5.91 Å². The van der Waals surface area contributed by atoms with Crippen LogP contribution in [0.1, 0.15) is 16.8 Å².